The number of carbonyl (C=O) groups is 2. The van der Waals surface area contributed by atoms with E-state index in [2.05, 4.69) is 39.5 Å². The van der Waals surface area contributed by atoms with Crippen molar-refractivity contribution in [2.24, 2.45) is 5.92 Å². The van der Waals surface area contributed by atoms with E-state index in [1.165, 1.54) is 12.0 Å². The molecule has 154 valence electrons. The van der Waals surface area contributed by atoms with E-state index in [-0.39, 0.29) is 24.3 Å². The highest BCUT2D eigenvalue weighted by atomic mass is 16.2. The first kappa shape index (κ1) is 19.8. The lowest BCUT2D eigenvalue weighted by molar-refractivity contribution is -0.135. The van der Waals surface area contributed by atoms with Gasteiger partial charge in [0.2, 0.25) is 11.8 Å². The summed E-state index contributed by atoms with van der Waals surface area (Å²) < 4.78 is 0. The zero-order valence-electron chi connectivity index (χ0n) is 17.0. The second kappa shape index (κ2) is 9.35. The minimum absolute atomic E-state index is 0.0284. The lowest BCUT2D eigenvalue weighted by Crippen LogP contribution is -2.51. The van der Waals surface area contributed by atoms with Crippen LogP contribution in [0.1, 0.15) is 37.7 Å². The van der Waals surface area contributed by atoms with Crippen LogP contribution < -0.4 is 5.32 Å². The van der Waals surface area contributed by atoms with Gasteiger partial charge in [0.25, 0.3) is 0 Å². The lowest BCUT2D eigenvalue weighted by Gasteiger charge is -2.35. The molecular weight excluding hydrogens is 364 g/mol. The van der Waals surface area contributed by atoms with Crippen molar-refractivity contribution in [2.45, 2.75) is 38.6 Å². The van der Waals surface area contributed by atoms with Crippen molar-refractivity contribution < 1.29 is 9.59 Å². The van der Waals surface area contributed by atoms with Gasteiger partial charge in [0.1, 0.15) is 0 Å². The second-order valence-electron chi connectivity index (χ2n) is 8.20. The molecule has 2 aromatic rings. The molecule has 0 radical (unpaired) electrons. The standard InChI is InChI=1S/C23H30N4O2/c28-21(16-25-23(29)19-6-2-1-3-7-19)27-14-12-26(13-15-27)17-20-9-4-8-18-10-5-11-24-22(18)20/h4-5,8-11,19H,1-3,6-7,12-17H2,(H,25,29). The first-order valence-electron chi connectivity index (χ1n) is 10.8. The molecule has 0 bridgehead atoms. The zero-order valence-corrected chi connectivity index (χ0v) is 17.0. The minimum atomic E-state index is 0.0284. The van der Waals surface area contributed by atoms with Crippen molar-refractivity contribution >= 4 is 22.7 Å². The van der Waals surface area contributed by atoms with Crippen LogP contribution in [0, 0.1) is 5.92 Å². The number of amides is 2. The fourth-order valence-electron chi connectivity index (χ4n) is 4.47. The Balaban J connectivity index is 1.24. The number of piperazine rings is 1. The molecule has 1 N–H and O–H groups in total. The molecule has 4 rings (SSSR count). The number of aromatic nitrogens is 1. The van der Waals surface area contributed by atoms with Gasteiger partial charge in [-0.2, -0.15) is 0 Å². The van der Waals surface area contributed by atoms with Gasteiger partial charge >= 0.3 is 0 Å². The molecule has 1 aromatic carbocycles. The van der Waals surface area contributed by atoms with Gasteiger partial charge in [-0.05, 0) is 24.5 Å². The molecule has 2 amide bonds. The Hall–Kier alpha value is -2.47. The zero-order chi connectivity index (χ0) is 20.1. The Kier molecular flexibility index (Phi) is 6.39. The molecule has 29 heavy (non-hydrogen) atoms. The number of benzene rings is 1. The topological polar surface area (TPSA) is 65.5 Å². The van der Waals surface area contributed by atoms with Crippen LogP contribution in [0.25, 0.3) is 10.9 Å². The van der Waals surface area contributed by atoms with Crippen LogP contribution in [-0.4, -0.2) is 59.3 Å². The molecule has 0 unspecified atom stereocenters. The Labute approximate surface area is 172 Å². The molecular formula is C23H30N4O2. The van der Waals surface area contributed by atoms with Crippen LogP contribution in [0.3, 0.4) is 0 Å². The Bertz CT molecular complexity index is 850. The van der Waals surface area contributed by atoms with E-state index in [9.17, 15) is 9.59 Å². The number of hydrogen-bond acceptors (Lipinski definition) is 4. The summed E-state index contributed by atoms with van der Waals surface area (Å²) in [5.41, 5.74) is 2.28. The number of pyridine rings is 1. The summed E-state index contributed by atoms with van der Waals surface area (Å²) in [6, 6.07) is 10.3. The van der Waals surface area contributed by atoms with Gasteiger partial charge in [0.05, 0.1) is 12.1 Å². The minimum Gasteiger partial charge on any atom is -0.347 e. The Morgan fingerprint density at radius 2 is 1.76 bits per heavy atom. The number of para-hydroxylation sites is 1. The molecule has 1 saturated carbocycles. The Morgan fingerprint density at radius 1 is 1.00 bits per heavy atom. The van der Waals surface area contributed by atoms with Gasteiger partial charge in [-0.25, -0.2) is 0 Å². The first-order valence-corrected chi connectivity index (χ1v) is 10.8. The molecule has 2 aliphatic rings. The summed E-state index contributed by atoms with van der Waals surface area (Å²) in [7, 11) is 0. The van der Waals surface area contributed by atoms with Gasteiger partial charge in [-0.3, -0.25) is 19.5 Å². The number of fused-ring (bicyclic) bond motifs is 1. The normalized spacial score (nSPS) is 18.7. The number of rotatable bonds is 5. The highest BCUT2D eigenvalue weighted by molar-refractivity contribution is 5.86. The van der Waals surface area contributed by atoms with E-state index < -0.39 is 0 Å². The fraction of sp³-hybridized carbons (Fsp3) is 0.522. The molecule has 6 heteroatoms. The Morgan fingerprint density at radius 3 is 2.55 bits per heavy atom. The summed E-state index contributed by atoms with van der Waals surface area (Å²) in [5.74, 6) is 0.184. The van der Waals surface area contributed by atoms with Crippen molar-refractivity contribution in [3.8, 4) is 0 Å². The van der Waals surface area contributed by atoms with Crippen LogP contribution in [-0.2, 0) is 16.1 Å². The first-order chi connectivity index (χ1) is 14.2. The van der Waals surface area contributed by atoms with E-state index in [0.717, 1.165) is 56.2 Å². The van der Waals surface area contributed by atoms with Crippen molar-refractivity contribution in [3.05, 3.63) is 42.1 Å². The maximum Gasteiger partial charge on any atom is 0.242 e. The maximum atomic E-state index is 12.5. The number of nitrogens with one attached hydrogen (secondary N) is 1. The van der Waals surface area contributed by atoms with Crippen molar-refractivity contribution in [3.63, 3.8) is 0 Å². The van der Waals surface area contributed by atoms with Crippen LogP contribution >= 0.6 is 0 Å². The van der Waals surface area contributed by atoms with Crippen LogP contribution in [0.15, 0.2) is 36.5 Å². The monoisotopic (exact) mass is 394 g/mol. The predicted molar refractivity (Wildman–Crippen MR) is 113 cm³/mol. The van der Waals surface area contributed by atoms with Crippen molar-refractivity contribution in [1.29, 1.82) is 0 Å². The van der Waals surface area contributed by atoms with Gasteiger partial charge in [-0.1, -0.05) is 43.5 Å². The molecule has 1 aliphatic carbocycles. The third-order valence-corrected chi connectivity index (χ3v) is 6.23. The summed E-state index contributed by atoms with van der Waals surface area (Å²) >= 11 is 0. The fourth-order valence-corrected chi connectivity index (χ4v) is 4.47. The summed E-state index contributed by atoms with van der Waals surface area (Å²) in [6.45, 7) is 4.06. The molecule has 1 aromatic heterocycles. The third-order valence-electron chi connectivity index (χ3n) is 6.23. The molecule has 1 saturated heterocycles. The lowest BCUT2D eigenvalue weighted by atomic mass is 9.89. The quantitative estimate of drug-likeness (QED) is 0.847. The van der Waals surface area contributed by atoms with E-state index in [1.54, 1.807) is 0 Å². The summed E-state index contributed by atoms with van der Waals surface area (Å²) in [4.78, 5) is 33.5. The third kappa shape index (κ3) is 4.93. The molecule has 2 heterocycles. The average Bonchev–Trinajstić information content (AvgIpc) is 2.78. The van der Waals surface area contributed by atoms with E-state index in [0.29, 0.717) is 13.1 Å². The number of nitrogens with zero attached hydrogens (tertiary/aromatic N) is 3. The molecule has 0 spiro atoms. The number of carbonyl (C=O) groups excluding carboxylic acids is 2. The van der Waals surface area contributed by atoms with Crippen molar-refractivity contribution in [1.82, 2.24) is 20.1 Å². The number of hydrogen-bond donors (Lipinski definition) is 1. The van der Waals surface area contributed by atoms with Gasteiger partial charge in [0.15, 0.2) is 0 Å². The highest BCUT2D eigenvalue weighted by Gasteiger charge is 2.24. The molecule has 6 nitrogen and oxygen atoms in total. The smallest absolute Gasteiger partial charge is 0.242 e. The predicted octanol–water partition coefficient (Wildman–Crippen LogP) is 2.58. The summed E-state index contributed by atoms with van der Waals surface area (Å²) in [6.07, 6.45) is 7.23. The van der Waals surface area contributed by atoms with Gasteiger partial charge in [0, 0.05) is 50.2 Å². The van der Waals surface area contributed by atoms with Crippen LogP contribution in [0.2, 0.25) is 0 Å². The van der Waals surface area contributed by atoms with E-state index >= 15 is 0 Å². The second-order valence-corrected chi connectivity index (χ2v) is 8.20. The van der Waals surface area contributed by atoms with Gasteiger partial charge < -0.3 is 10.2 Å². The SMILES string of the molecule is O=C(NCC(=O)N1CCN(Cc2cccc3cccnc23)CC1)C1CCCCC1. The summed E-state index contributed by atoms with van der Waals surface area (Å²) in [5, 5.41) is 4.03. The average molecular weight is 395 g/mol. The highest BCUT2D eigenvalue weighted by Crippen LogP contribution is 2.23. The molecule has 1 aliphatic heterocycles. The van der Waals surface area contributed by atoms with Crippen LogP contribution in [0.5, 0.6) is 0 Å². The van der Waals surface area contributed by atoms with Crippen molar-refractivity contribution in [2.75, 3.05) is 32.7 Å². The maximum absolute atomic E-state index is 12.5. The molecule has 0 atom stereocenters. The van der Waals surface area contributed by atoms with E-state index in [1.807, 2.05) is 17.2 Å². The van der Waals surface area contributed by atoms with Crippen LogP contribution in [0.4, 0.5) is 0 Å². The van der Waals surface area contributed by atoms with E-state index in [4.69, 9.17) is 0 Å². The van der Waals surface area contributed by atoms with Gasteiger partial charge in [-0.15, -0.1) is 0 Å². The largest absolute Gasteiger partial charge is 0.347 e. The molecule has 2 fully saturated rings.